The molecule has 3 rings (SSSR count). The van der Waals surface area contributed by atoms with Crippen LogP contribution in [0.25, 0.3) is 0 Å². The molecule has 9 heteroatoms. The molecule has 1 fully saturated rings. The quantitative estimate of drug-likeness (QED) is 0.819. The molecule has 2 amide bonds. The van der Waals surface area contributed by atoms with Gasteiger partial charge in [0, 0.05) is 18.5 Å². The highest BCUT2D eigenvalue weighted by Crippen LogP contribution is 2.36. The fraction of sp³-hybridized carbons (Fsp3) is 0.353. The third-order valence-corrected chi connectivity index (χ3v) is 4.75. The van der Waals surface area contributed by atoms with Gasteiger partial charge >= 0.3 is 6.18 Å². The number of halogens is 4. The van der Waals surface area contributed by atoms with Crippen molar-refractivity contribution in [2.75, 3.05) is 5.32 Å². The zero-order valence-corrected chi connectivity index (χ0v) is 14.1. The van der Waals surface area contributed by atoms with E-state index < -0.39 is 35.4 Å². The first-order valence-corrected chi connectivity index (χ1v) is 8.25. The molecule has 1 aromatic rings. The normalized spacial score (nSPS) is 23.0. The Bertz CT molecular complexity index is 820. The molecule has 0 saturated carbocycles. The molecular formula is C17H14ClF3N2O3. The highest BCUT2D eigenvalue weighted by atomic mass is 35.5. The molecule has 1 aromatic carbocycles. The van der Waals surface area contributed by atoms with Crippen LogP contribution in [-0.2, 0) is 20.6 Å². The molecule has 2 aliphatic rings. The Kier molecular flexibility index (Phi) is 4.79. The lowest BCUT2D eigenvalue weighted by atomic mass is 9.76. The van der Waals surface area contributed by atoms with Gasteiger partial charge in [0.15, 0.2) is 0 Å². The molecule has 138 valence electrons. The number of ketones is 1. The first-order chi connectivity index (χ1) is 12.2. The molecular weight excluding hydrogens is 373 g/mol. The van der Waals surface area contributed by atoms with Crippen LogP contribution in [0.3, 0.4) is 0 Å². The van der Waals surface area contributed by atoms with Crippen molar-refractivity contribution in [1.82, 2.24) is 5.32 Å². The monoisotopic (exact) mass is 386 g/mol. The van der Waals surface area contributed by atoms with Gasteiger partial charge < -0.3 is 10.6 Å². The lowest BCUT2D eigenvalue weighted by molar-refractivity contribution is -0.137. The number of anilines is 1. The van der Waals surface area contributed by atoms with E-state index in [2.05, 4.69) is 10.6 Å². The largest absolute Gasteiger partial charge is 0.416 e. The van der Waals surface area contributed by atoms with Crippen molar-refractivity contribution in [3.8, 4) is 0 Å². The number of carbonyl (C=O) groups is 3. The fourth-order valence-corrected chi connectivity index (χ4v) is 3.36. The van der Waals surface area contributed by atoms with Gasteiger partial charge in [-0.15, -0.1) is 0 Å². The zero-order valence-electron chi connectivity index (χ0n) is 13.3. The molecule has 1 saturated heterocycles. The van der Waals surface area contributed by atoms with Crippen LogP contribution in [0.2, 0.25) is 5.02 Å². The second-order valence-corrected chi connectivity index (χ2v) is 6.59. The zero-order chi connectivity index (χ0) is 19.1. The van der Waals surface area contributed by atoms with Gasteiger partial charge in [-0.25, -0.2) is 0 Å². The summed E-state index contributed by atoms with van der Waals surface area (Å²) in [7, 11) is 0. The van der Waals surface area contributed by atoms with Crippen LogP contribution in [0.4, 0.5) is 18.9 Å². The van der Waals surface area contributed by atoms with Crippen molar-refractivity contribution in [3.63, 3.8) is 0 Å². The smallest absolute Gasteiger partial charge is 0.329 e. The van der Waals surface area contributed by atoms with Crippen LogP contribution in [0.5, 0.6) is 0 Å². The Morgan fingerprint density at radius 3 is 2.69 bits per heavy atom. The maximum absolute atomic E-state index is 12.9. The molecule has 1 aliphatic carbocycles. The minimum Gasteiger partial charge on any atom is -0.329 e. The third-order valence-electron chi connectivity index (χ3n) is 4.42. The molecule has 2 atom stereocenters. The standard InChI is InChI=1S/C17H14ClF3N2O3/c18-10-5-4-8(17(19,20)21)6-12(10)23-16(26)9-7-14(25)22-11-2-1-3-13(24)15(9)11/h2,4-6,9,15H,1,3,7H2,(H,22,25)(H,23,26)/t9-,15-/m1/s1. The summed E-state index contributed by atoms with van der Waals surface area (Å²) in [6.07, 6.45) is -2.41. The number of amides is 2. The number of allylic oxidation sites excluding steroid dienone is 2. The van der Waals surface area contributed by atoms with Crippen molar-refractivity contribution in [2.24, 2.45) is 11.8 Å². The Balaban J connectivity index is 1.87. The van der Waals surface area contributed by atoms with E-state index in [1.54, 1.807) is 6.08 Å². The van der Waals surface area contributed by atoms with Gasteiger partial charge in [0.05, 0.1) is 28.1 Å². The average Bonchev–Trinajstić information content (AvgIpc) is 2.55. The molecule has 2 N–H and O–H groups in total. The Labute approximate surface area is 151 Å². The topological polar surface area (TPSA) is 75.3 Å². The van der Waals surface area contributed by atoms with Crippen LogP contribution in [0.1, 0.15) is 24.8 Å². The van der Waals surface area contributed by atoms with Crippen molar-refractivity contribution in [1.29, 1.82) is 0 Å². The van der Waals surface area contributed by atoms with E-state index in [-0.39, 0.29) is 29.3 Å². The Hall–Kier alpha value is -2.35. The summed E-state index contributed by atoms with van der Waals surface area (Å²) in [5, 5.41) is 4.85. The number of fused-ring (bicyclic) bond motifs is 1. The van der Waals surface area contributed by atoms with E-state index in [0.717, 1.165) is 18.2 Å². The molecule has 1 heterocycles. The highest BCUT2D eigenvalue weighted by molar-refractivity contribution is 6.33. The van der Waals surface area contributed by atoms with Crippen LogP contribution < -0.4 is 10.6 Å². The van der Waals surface area contributed by atoms with Crippen LogP contribution >= 0.6 is 11.6 Å². The van der Waals surface area contributed by atoms with Gasteiger partial charge in [0.25, 0.3) is 0 Å². The lowest BCUT2D eigenvalue weighted by Crippen LogP contribution is -2.47. The van der Waals surface area contributed by atoms with E-state index in [1.165, 1.54) is 0 Å². The van der Waals surface area contributed by atoms with E-state index in [0.29, 0.717) is 12.1 Å². The lowest BCUT2D eigenvalue weighted by Gasteiger charge is -2.34. The van der Waals surface area contributed by atoms with E-state index in [4.69, 9.17) is 11.6 Å². The predicted molar refractivity (Wildman–Crippen MR) is 87.1 cm³/mol. The van der Waals surface area contributed by atoms with Gasteiger partial charge in [-0.05, 0) is 24.6 Å². The van der Waals surface area contributed by atoms with Crippen molar-refractivity contribution in [3.05, 3.63) is 40.6 Å². The number of rotatable bonds is 2. The summed E-state index contributed by atoms with van der Waals surface area (Å²) in [5.41, 5.74) is -0.799. The summed E-state index contributed by atoms with van der Waals surface area (Å²) in [6, 6.07) is 2.56. The van der Waals surface area contributed by atoms with Crippen LogP contribution in [0, 0.1) is 11.8 Å². The molecule has 5 nitrogen and oxygen atoms in total. The van der Waals surface area contributed by atoms with Gasteiger partial charge in [-0.1, -0.05) is 17.7 Å². The highest BCUT2D eigenvalue weighted by Gasteiger charge is 2.43. The van der Waals surface area contributed by atoms with Crippen molar-refractivity contribution < 1.29 is 27.6 Å². The van der Waals surface area contributed by atoms with E-state index in [1.807, 2.05) is 0 Å². The second kappa shape index (κ2) is 6.75. The predicted octanol–water partition coefficient (Wildman–Crippen LogP) is 3.30. The number of alkyl halides is 3. The maximum Gasteiger partial charge on any atom is 0.416 e. The molecule has 0 aromatic heterocycles. The summed E-state index contributed by atoms with van der Waals surface area (Å²) >= 11 is 5.88. The van der Waals surface area contributed by atoms with E-state index >= 15 is 0 Å². The summed E-state index contributed by atoms with van der Waals surface area (Å²) in [4.78, 5) is 36.7. The summed E-state index contributed by atoms with van der Waals surface area (Å²) < 4.78 is 38.6. The number of benzene rings is 1. The van der Waals surface area contributed by atoms with Crippen LogP contribution in [-0.4, -0.2) is 17.6 Å². The maximum atomic E-state index is 12.9. The molecule has 1 aliphatic heterocycles. The van der Waals surface area contributed by atoms with Gasteiger partial charge in [-0.3, -0.25) is 14.4 Å². The third kappa shape index (κ3) is 3.60. The number of Topliss-reactive ketones (excluding diaryl/α,β-unsaturated/α-hetero) is 1. The molecule has 0 radical (unpaired) electrons. The number of nitrogens with one attached hydrogen (secondary N) is 2. The first kappa shape index (κ1) is 18.4. The number of hydrogen-bond donors (Lipinski definition) is 2. The van der Waals surface area contributed by atoms with Gasteiger partial charge in [0.2, 0.25) is 11.8 Å². The molecule has 0 spiro atoms. The fourth-order valence-electron chi connectivity index (χ4n) is 3.19. The molecule has 0 unspecified atom stereocenters. The number of piperidine rings is 1. The minimum atomic E-state index is -4.59. The Morgan fingerprint density at radius 2 is 2.00 bits per heavy atom. The Morgan fingerprint density at radius 1 is 1.27 bits per heavy atom. The van der Waals surface area contributed by atoms with Crippen molar-refractivity contribution >= 4 is 34.9 Å². The summed E-state index contributed by atoms with van der Waals surface area (Å²) in [6.45, 7) is 0. The number of carbonyl (C=O) groups excluding carboxylic acids is 3. The minimum absolute atomic E-state index is 0.0719. The number of hydrogen-bond acceptors (Lipinski definition) is 3. The second-order valence-electron chi connectivity index (χ2n) is 6.18. The first-order valence-electron chi connectivity index (χ1n) is 7.87. The van der Waals surface area contributed by atoms with Crippen LogP contribution in [0.15, 0.2) is 30.0 Å². The average molecular weight is 387 g/mol. The van der Waals surface area contributed by atoms with Gasteiger partial charge in [0.1, 0.15) is 5.78 Å². The van der Waals surface area contributed by atoms with Crippen molar-refractivity contribution in [2.45, 2.75) is 25.4 Å². The van der Waals surface area contributed by atoms with E-state index in [9.17, 15) is 27.6 Å². The summed E-state index contributed by atoms with van der Waals surface area (Å²) in [5.74, 6) is -3.11. The molecule has 0 bridgehead atoms. The SMILES string of the molecule is O=C1C[C@@H](C(=O)Nc2cc(C(F)(F)F)ccc2Cl)[C@H]2C(=O)CCC=C2N1. The molecule has 26 heavy (non-hydrogen) atoms. The van der Waals surface area contributed by atoms with Gasteiger partial charge in [-0.2, -0.15) is 13.2 Å².